The molecule has 0 amide bonds. The molecule has 0 radical (unpaired) electrons. The molecule has 0 aliphatic rings. The van der Waals surface area contributed by atoms with Crippen molar-refractivity contribution in [1.29, 1.82) is 0 Å². The maximum atomic E-state index is 9.87. The molecule has 20 heavy (non-hydrogen) atoms. The Labute approximate surface area is 118 Å². The zero-order chi connectivity index (χ0) is 15.0. The topological polar surface area (TPSA) is 102 Å². The molecule has 0 aliphatic heterocycles. The summed E-state index contributed by atoms with van der Waals surface area (Å²) < 4.78 is 5.52. The molecular weight excluding hydrogens is 260 g/mol. The number of hydrogen-bond acceptors (Lipinski definition) is 5. The van der Waals surface area contributed by atoms with Gasteiger partial charge >= 0.3 is 0 Å². The van der Waals surface area contributed by atoms with Crippen LogP contribution in [0.25, 0.3) is 10.4 Å². The first-order valence-electron chi connectivity index (χ1n) is 6.29. The third kappa shape index (κ3) is 5.46. The average Bonchev–Trinajstić information content (AvgIpc) is 2.44. The molecule has 7 nitrogen and oxygen atoms in total. The van der Waals surface area contributed by atoms with Crippen LogP contribution < -0.4 is 4.74 Å². The first kappa shape index (κ1) is 16.3. The first-order valence-corrected chi connectivity index (χ1v) is 6.29. The number of azide groups is 1. The van der Waals surface area contributed by atoms with Crippen molar-refractivity contribution in [3.05, 3.63) is 40.3 Å². The minimum atomic E-state index is -1.12. The van der Waals surface area contributed by atoms with Crippen molar-refractivity contribution < 1.29 is 14.9 Å². The van der Waals surface area contributed by atoms with Gasteiger partial charge in [-0.3, -0.25) is 0 Å². The molecule has 1 aromatic rings. The Morgan fingerprint density at radius 3 is 2.50 bits per heavy atom. The van der Waals surface area contributed by atoms with Gasteiger partial charge in [0.1, 0.15) is 18.5 Å². The lowest BCUT2D eigenvalue weighted by Gasteiger charge is -2.17. The van der Waals surface area contributed by atoms with Crippen molar-refractivity contribution in [2.45, 2.75) is 12.2 Å². The highest BCUT2D eigenvalue weighted by Crippen LogP contribution is 2.20. The maximum absolute atomic E-state index is 9.87. The third-order valence-corrected chi connectivity index (χ3v) is 2.73. The highest BCUT2D eigenvalue weighted by Gasteiger charge is 2.17. The van der Waals surface area contributed by atoms with Gasteiger partial charge in [0.25, 0.3) is 0 Å². The van der Waals surface area contributed by atoms with Gasteiger partial charge in [-0.15, -0.1) is 0 Å². The number of benzene rings is 1. The molecule has 7 heteroatoms. The number of hydrogen-bond donors (Lipinski definition) is 2. The molecule has 0 aliphatic carbocycles. The molecule has 0 saturated heterocycles. The number of ether oxygens (including phenoxy) is 1. The molecule has 1 aromatic carbocycles. The number of aliphatic hydroxyl groups is 2. The van der Waals surface area contributed by atoms with Crippen LogP contribution in [0, 0.1) is 0 Å². The van der Waals surface area contributed by atoms with Gasteiger partial charge < -0.3 is 19.8 Å². The van der Waals surface area contributed by atoms with Gasteiger partial charge in [-0.25, -0.2) is 0 Å². The van der Waals surface area contributed by atoms with E-state index in [1.807, 2.05) is 19.0 Å². The van der Waals surface area contributed by atoms with E-state index in [1.54, 1.807) is 24.3 Å². The molecule has 1 rings (SSSR count). The zero-order valence-corrected chi connectivity index (χ0v) is 11.7. The lowest BCUT2D eigenvalue weighted by molar-refractivity contribution is 0.0244. The normalized spacial score (nSPS) is 13.7. The van der Waals surface area contributed by atoms with Gasteiger partial charge in [0, 0.05) is 11.5 Å². The minimum Gasteiger partial charge on any atom is -0.492 e. The number of aliphatic hydroxyl groups excluding tert-OH is 2. The van der Waals surface area contributed by atoms with Crippen LogP contribution in [0.4, 0.5) is 0 Å². The molecule has 2 unspecified atom stereocenters. The number of nitrogens with zero attached hydrogens (tertiary/aromatic N) is 4. The van der Waals surface area contributed by atoms with Crippen LogP contribution in [0.3, 0.4) is 0 Å². The third-order valence-electron chi connectivity index (χ3n) is 2.73. The number of rotatable bonds is 8. The van der Waals surface area contributed by atoms with Crippen LogP contribution >= 0.6 is 0 Å². The van der Waals surface area contributed by atoms with E-state index in [1.165, 1.54) is 0 Å². The van der Waals surface area contributed by atoms with Crippen molar-refractivity contribution in [3.8, 4) is 5.75 Å². The van der Waals surface area contributed by atoms with Crippen molar-refractivity contribution in [2.75, 3.05) is 33.8 Å². The summed E-state index contributed by atoms with van der Waals surface area (Å²) in [4.78, 5) is 4.56. The Hall–Kier alpha value is -1.79. The Balaban J connectivity index is 2.54. The van der Waals surface area contributed by atoms with E-state index in [0.29, 0.717) is 17.9 Å². The number of likely N-dealkylation sites (N-methyl/N-ethyl adjacent to an activating group) is 1. The molecule has 0 aromatic heterocycles. The van der Waals surface area contributed by atoms with Gasteiger partial charge in [-0.05, 0) is 37.3 Å². The van der Waals surface area contributed by atoms with E-state index in [0.717, 1.165) is 6.54 Å². The van der Waals surface area contributed by atoms with E-state index >= 15 is 0 Å². The van der Waals surface area contributed by atoms with Gasteiger partial charge in [-0.2, -0.15) is 0 Å². The summed E-state index contributed by atoms with van der Waals surface area (Å²) in [6.45, 7) is 1.22. The summed E-state index contributed by atoms with van der Waals surface area (Å²) in [6.07, 6.45) is -2.21. The van der Waals surface area contributed by atoms with E-state index in [9.17, 15) is 10.2 Å². The second-order valence-electron chi connectivity index (χ2n) is 4.65. The van der Waals surface area contributed by atoms with E-state index in [-0.39, 0.29) is 6.54 Å². The summed E-state index contributed by atoms with van der Waals surface area (Å²) in [5, 5.41) is 22.7. The predicted molar refractivity (Wildman–Crippen MR) is 75.5 cm³/mol. The van der Waals surface area contributed by atoms with Crippen LogP contribution in [0.1, 0.15) is 11.7 Å². The largest absolute Gasteiger partial charge is 0.492 e. The highest BCUT2D eigenvalue weighted by molar-refractivity contribution is 5.29. The highest BCUT2D eigenvalue weighted by atomic mass is 16.5. The molecule has 2 N–H and O–H groups in total. The molecule has 0 spiro atoms. The predicted octanol–water partition coefficient (Wildman–Crippen LogP) is 1.33. The van der Waals surface area contributed by atoms with Gasteiger partial charge in [-0.1, -0.05) is 17.2 Å². The quantitative estimate of drug-likeness (QED) is 0.426. The maximum Gasteiger partial charge on any atom is 0.119 e. The van der Waals surface area contributed by atoms with Gasteiger partial charge in [0.2, 0.25) is 0 Å². The Morgan fingerprint density at radius 1 is 1.30 bits per heavy atom. The van der Waals surface area contributed by atoms with Crippen molar-refractivity contribution in [1.82, 2.24) is 4.90 Å². The Kier molecular flexibility index (Phi) is 6.83. The molecule has 0 fully saturated rings. The SMILES string of the molecule is CN(C)CCOc1ccc(C(O)C(O)CN=[N+]=[N-])cc1. The smallest absolute Gasteiger partial charge is 0.119 e. The lowest BCUT2D eigenvalue weighted by Crippen LogP contribution is -2.21. The summed E-state index contributed by atoms with van der Waals surface area (Å²) in [7, 11) is 3.93. The Morgan fingerprint density at radius 2 is 1.95 bits per heavy atom. The monoisotopic (exact) mass is 280 g/mol. The van der Waals surface area contributed by atoms with Crippen LogP contribution in [0.2, 0.25) is 0 Å². The second kappa shape index (κ2) is 8.39. The summed E-state index contributed by atoms with van der Waals surface area (Å²) in [5.74, 6) is 0.701. The van der Waals surface area contributed by atoms with Crippen LogP contribution in [0.15, 0.2) is 29.4 Å². The zero-order valence-electron chi connectivity index (χ0n) is 11.7. The molecule has 0 heterocycles. The van der Waals surface area contributed by atoms with Crippen LogP contribution in [-0.4, -0.2) is 55.0 Å². The standard InChI is InChI=1S/C13H20N4O3/c1-17(2)7-8-20-11-5-3-10(4-6-11)13(19)12(18)9-15-16-14/h3-6,12-13,18-19H,7-9H2,1-2H3. The molecule has 0 bridgehead atoms. The van der Waals surface area contributed by atoms with Gasteiger partial charge in [0.05, 0.1) is 12.6 Å². The summed E-state index contributed by atoms with van der Waals surface area (Å²) in [6, 6.07) is 6.81. The molecular formula is C13H20N4O3. The molecule has 2 atom stereocenters. The van der Waals surface area contributed by atoms with E-state index in [2.05, 4.69) is 10.0 Å². The first-order chi connectivity index (χ1) is 9.54. The van der Waals surface area contributed by atoms with Crippen molar-refractivity contribution in [3.63, 3.8) is 0 Å². The average molecular weight is 280 g/mol. The summed E-state index contributed by atoms with van der Waals surface area (Å²) in [5.41, 5.74) is 8.72. The van der Waals surface area contributed by atoms with Crippen molar-refractivity contribution in [2.24, 2.45) is 5.11 Å². The fourth-order valence-electron chi connectivity index (χ4n) is 1.55. The van der Waals surface area contributed by atoms with E-state index < -0.39 is 12.2 Å². The fraction of sp³-hybridized carbons (Fsp3) is 0.538. The van der Waals surface area contributed by atoms with Crippen LogP contribution in [0.5, 0.6) is 5.75 Å². The fourth-order valence-corrected chi connectivity index (χ4v) is 1.55. The molecule has 0 saturated carbocycles. The van der Waals surface area contributed by atoms with Crippen molar-refractivity contribution >= 4 is 0 Å². The van der Waals surface area contributed by atoms with Crippen LogP contribution in [-0.2, 0) is 0 Å². The lowest BCUT2D eigenvalue weighted by atomic mass is 10.0. The minimum absolute atomic E-state index is 0.168. The van der Waals surface area contributed by atoms with E-state index in [4.69, 9.17) is 10.3 Å². The Bertz CT molecular complexity index is 443. The molecule has 110 valence electrons. The summed E-state index contributed by atoms with van der Waals surface area (Å²) >= 11 is 0. The second-order valence-corrected chi connectivity index (χ2v) is 4.65. The van der Waals surface area contributed by atoms with Gasteiger partial charge in [0.15, 0.2) is 0 Å².